The summed E-state index contributed by atoms with van der Waals surface area (Å²) in [5, 5.41) is 3.22. The molecular weight excluding hydrogens is 240 g/mol. The molecule has 1 heterocycles. The van der Waals surface area contributed by atoms with E-state index >= 15 is 0 Å². The van der Waals surface area contributed by atoms with E-state index in [0.29, 0.717) is 6.61 Å². The van der Waals surface area contributed by atoms with Crippen LogP contribution in [0.15, 0.2) is 0 Å². The predicted molar refractivity (Wildman–Crippen MR) is 69.4 cm³/mol. The van der Waals surface area contributed by atoms with Crippen LogP contribution in [0.3, 0.4) is 0 Å². The molecule has 1 saturated carbocycles. The number of hydrogen-bond donors (Lipinski definition) is 1. The number of carbonyl (C=O) groups is 1. The highest BCUT2D eigenvalue weighted by atomic mass is 35.5. The van der Waals surface area contributed by atoms with Crippen LogP contribution in [0.4, 0.5) is 0 Å². The molecule has 1 saturated heterocycles. The summed E-state index contributed by atoms with van der Waals surface area (Å²) >= 11 is 0. The number of likely N-dealkylation sites (N-methyl/N-ethyl adjacent to an activating group) is 1. The molecule has 2 aliphatic rings. The molecule has 1 atom stereocenters. The van der Waals surface area contributed by atoms with E-state index in [1.165, 1.54) is 12.8 Å². The number of rotatable bonds is 6. The van der Waals surface area contributed by atoms with Gasteiger partial charge in [0, 0.05) is 26.7 Å². The van der Waals surface area contributed by atoms with Gasteiger partial charge in [-0.05, 0) is 31.7 Å². The number of hydrogen-bond acceptors (Lipinski definition) is 3. The third-order valence-corrected chi connectivity index (χ3v) is 3.41. The molecule has 0 bridgehead atoms. The summed E-state index contributed by atoms with van der Waals surface area (Å²) in [4.78, 5) is 13.7. The maximum Gasteiger partial charge on any atom is 0.226 e. The first-order valence-corrected chi connectivity index (χ1v) is 6.31. The number of nitrogens with one attached hydrogen (secondary N) is 1. The molecule has 2 rings (SSSR count). The largest absolute Gasteiger partial charge is 0.379 e. The van der Waals surface area contributed by atoms with Crippen molar-refractivity contribution in [1.29, 1.82) is 0 Å². The maximum atomic E-state index is 11.9. The van der Waals surface area contributed by atoms with Gasteiger partial charge in [-0.1, -0.05) is 0 Å². The van der Waals surface area contributed by atoms with Crippen molar-refractivity contribution in [2.75, 3.05) is 39.9 Å². The Morgan fingerprint density at radius 1 is 1.41 bits per heavy atom. The standard InChI is InChI=1S/C12H22N2O2.ClH/c1-14(6-7-16-9-10-2-3-10)12(15)11-4-5-13-8-11;/h10-11,13H,2-9H2,1H3;1H. The Kier molecular flexibility index (Phi) is 6.23. The summed E-state index contributed by atoms with van der Waals surface area (Å²) in [6.45, 7) is 4.10. The van der Waals surface area contributed by atoms with Gasteiger partial charge in [-0.25, -0.2) is 0 Å². The van der Waals surface area contributed by atoms with Crippen molar-refractivity contribution in [3.63, 3.8) is 0 Å². The first-order valence-electron chi connectivity index (χ1n) is 6.31. The molecule has 1 unspecified atom stereocenters. The van der Waals surface area contributed by atoms with E-state index in [0.717, 1.165) is 38.6 Å². The van der Waals surface area contributed by atoms with Crippen LogP contribution in [-0.2, 0) is 9.53 Å². The normalized spacial score (nSPS) is 23.2. The molecule has 0 spiro atoms. The molecule has 0 aromatic carbocycles. The Bertz CT molecular complexity index is 241. The number of halogens is 1. The van der Waals surface area contributed by atoms with Gasteiger partial charge in [0.1, 0.15) is 0 Å². The zero-order valence-corrected chi connectivity index (χ0v) is 11.3. The topological polar surface area (TPSA) is 41.6 Å². The Labute approximate surface area is 109 Å². The van der Waals surface area contributed by atoms with Crippen LogP contribution in [0.1, 0.15) is 19.3 Å². The third kappa shape index (κ3) is 4.82. The Hall–Kier alpha value is -0.320. The molecule has 0 aromatic heterocycles. The van der Waals surface area contributed by atoms with Gasteiger partial charge in [-0.3, -0.25) is 4.79 Å². The fourth-order valence-corrected chi connectivity index (χ4v) is 2.02. The van der Waals surface area contributed by atoms with Crippen molar-refractivity contribution in [2.24, 2.45) is 11.8 Å². The second-order valence-electron chi connectivity index (χ2n) is 4.97. The molecule has 1 aliphatic carbocycles. The van der Waals surface area contributed by atoms with Crippen LogP contribution in [0.2, 0.25) is 0 Å². The summed E-state index contributed by atoms with van der Waals surface area (Å²) in [5.41, 5.74) is 0. The molecule has 100 valence electrons. The van der Waals surface area contributed by atoms with Crippen LogP contribution in [0.25, 0.3) is 0 Å². The highest BCUT2D eigenvalue weighted by molar-refractivity contribution is 5.85. The van der Waals surface area contributed by atoms with Crippen LogP contribution < -0.4 is 5.32 Å². The van der Waals surface area contributed by atoms with Gasteiger partial charge in [0.05, 0.1) is 12.5 Å². The first-order chi connectivity index (χ1) is 7.77. The molecule has 1 N–H and O–H groups in total. The molecule has 2 fully saturated rings. The molecule has 5 heteroatoms. The van der Waals surface area contributed by atoms with Gasteiger partial charge in [0.2, 0.25) is 5.91 Å². The van der Waals surface area contributed by atoms with Crippen LogP contribution in [0.5, 0.6) is 0 Å². The van der Waals surface area contributed by atoms with Crippen LogP contribution >= 0.6 is 12.4 Å². The first kappa shape index (κ1) is 14.7. The van der Waals surface area contributed by atoms with E-state index in [9.17, 15) is 4.79 Å². The minimum absolute atomic E-state index is 0. The van der Waals surface area contributed by atoms with Crippen molar-refractivity contribution in [2.45, 2.75) is 19.3 Å². The number of amides is 1. The van der Waals surface area contributed by atoms with Crippen molar-refractivity contribution in [3.05, 3.63) is 0 Å². The average Bonchev–Trinajstić information content (AvgIpc) is 2.95. The summed E-state index contributed by atoms with van der Waals surface area (Å²) in [6, 6.07) is 0. The van der Waals surface area contributed by atoms with E-state index in [1.807, 2.05) is 11.9 Å². The van der Waals surface area contributed by atoms with Crippen molar-refractivity contribution in [1.82, 2.24) is 10.2 Å². The highest BCUT2D eigenvalue weighted by Crippen LogP contribution is 2.28. The molecular formula is C12H23ClN2O2. The molecule has 0 aromatic rings. The maximum absolute atomic E-state index is 11.9. The molecule has 1 aliphatic heterocycles. The average molecular weight is 263 g/mol. The van der Waals surface area contributed by atoms with Crippen LogP contribution in [-0.4, -0.2) is 50.7 Å². The summed E-state index contributed by atoms with van der Waals surface area (Å²) in [7, 11) is 1.88. The number of ether oxygens (including phenoxy) is 1. The van der Waals surface area contributed by atoms with Gasteiger partial charge in [0.25, 0.3) is 0 Å². The Balaban J connectivity index is 0.00000144. The van der Waals surface area contributed by atoms with Gasteiger partial charge in [-0.15, -0.1) is 12.4 Å². The monoisotopic (exact) mass is 262 g/mol. The number of carbonyl (C=O) groups excluding carboxylic acids is 1. The SMILES string of the molecule is CN(CCOCC1CC1)C(=O)C1CCNC1.Cl. The van der Waals surface area contributed by atoms with Gasteiger partial charge >= 0.3 is 0 Å². The minimum atomic E-state index is 0. The van der Waals surface area contributed by atoms with E-state index in [-0.39, 0.29) is 24.2 Å². The Morgan fingerprint density at radius 2 is 2.18 bits per heavy atom. The van der Waals surface area contributed by atoms with E-state index in [1.54, 1.807) is 0 Å². The van der Waals surface area contributed by atoms with Crippen molar-refractivity contribution >= 4 is 18.3 Å². The third-order valence-electron chi connectivity index (χ3n) is 3.41. The lowest BCUT2D eigenvalue weighted by Gasteiger charge is -2.20. The molecule has 4 nitrogen and oxygen atoms in total. The highest BCUT2D eigenvalue weighted by Gasteiger charge is 2.25. The summed E-state index contributed by atoms with van der Waals surface area (Å²) in [6.07, 6.45) is 3.62. The summed E-state index contributed by atoms with van der Waals surface area (Å²) in [5.74, 6) is 1.26. The molecule has 17 heavy (non-hydrogen) atoms. The molecule has 0 radical (unpaired) electrons. The molecule has 1 amide bonds. The van der Waals surface area contributed by atoms with Gasteiger partial charge in [0.15, 0.2) is 0 Å². The summed E-state index contributed by atoms with van der Waals surface area (Å²) < 4.78 is 5.53. The van der Waals surface area contributed by atoms with E-state index < -0.39 is 0 Å². The zero-order chi connectivity index (χ0) is 11.4. The number of nitrogens with zero attached hydrogens (tertiary/aromatic N) is 1. The second-order valence-corrected chi connectivity index (χ2v) is 4.97. The van der Waals surface area contributed by atoms with Crippen molar-refractivity contribution < 1.29 is 9.53 Å². The minimum Gasteiger partial charge on any atom is -0.379 e. The smallest absolute Gasteiger partial charge is 0.226 e. The fourth-order valence-electron chi connectivity index (χ4n) is 2.02. The van der Waals surface area contributed by atoms with Gasteiger partial charge < -0.3 is 15.0 Å². The fraction of sp³-hybridized carbons (Fsp3) is 0.917. The predicted octanol–water partition coefficient (Wildman–Crippen LogP) is 0.903. The quantitative estimate of drug-likeness (QED) is 0.724. The lowest BCUT2D eigenvalue weighted by atomic mass is 10.1. The Morgan fingerprint density at radius 3 is 2.76 bits per heavy atom. The van der Waals surface area contributed by atoms with E-state index in [4.69, 9.17) is 4.74 Å². The lowest BCUT2D eigenvalue weighted by Crippen LogP contribution is -2.36. The van der Waals surface area contributed by atoms with Crippen molar-refractivity contribution in [3.8, 4) is 0 Å². The second kappa shape index (κ2) is 7.19. The van der Waals surface area contributed by atoms with Crippen LogP contribution in [0, 0.1) is 11.8 Å². The van der Waals surface area contributed by atoms with E-state index in [2.05, 4.69) is 5.32 Å². The van der Waals surface area contributed by atoms with Gasteiger partial charge in [-0.2, -0.15) is 0 Å². The lowest BCUT2D eigenvalue weighted by molar-refractivity contribution is -0.134. The zero-order valence-electron chi connectivity index (χ0n) is 10.5.